The second-order valence-corrected chi connectivity index (χ2v) is 6.83. The lowest BCUT2D eigenvalue weighted by Gasteiger charge is -2.28. The normalized spacial score (nSPS) is 16.2. The lowest BCUT2D eigenvalue weighted by Crippen LogP contribution is -2.42. The number of hydrogen-bond donors (Lipinski definition) is 2. The van der Waals surface area contributed by atoms with E-state index in [4.69, 9.17) is 0 Å². The van der Waals surface area contributed by atoms with Crippen molar-refractivity contribution in [2.24, 2.45) is 0 Å². The summed E-state index contributed by atoms with van der Waals surface area (Å²) in [4.78, 5) is 14.0. The molecule has 0 spiro atoms. The summed E-state index contributed by atoms with van der Waals surface area (Å²) < 4.78 is 14.6. The van der Waals surface area contributed by atoms with Crippen LogP contribution < -0.4 is 0 Å². The molecule has 3 rings (SSSR count). The highest BCUT2D eigenvalue weighted by atomic mass is 19.1. The first-order valence-corrected chi connectivity index (χ1v) is 8.32. The van der Waals surface area contributed by atoms with E-state index < -0.39 is 11.5 Å². The molecule has 7 heteroatoms. The Morgan fingerprint density at radius 2 is 2.08 bits per heavy atom. The molecule has 25 heavy (non-hydrogen) atoms. The van der Waals surface area contributed by atoms with E-state index in [9.17, 15) is 19.4 Å². The van der Waals surface area contributed by atoms with Gasteiger partial charge in [-0.15, -0.1) is 0 Å². The summed E-state index contributed by atoms with van der Waals surface area (Å²) >= 11 is 0. The van der Waals surface area contributed by atoms with Gasteiger partial charge in [-0.05, 0) is 43.5 Å². The van der Waals surface area contributed by atoms with E-state index in [1.54, 1.807) is 14.0 Å². The third-order valence-electron chi connectivity index (χ3n) is 4.72. The second-order valence-electron chi connectivity index (χ2n) is 6.83. The lowest BCUT2D eigenvalue weighted by atomic mass is 10.0. The highest BCUT2D eigenvalue weighted by molar-refractivity contribution is 5.94. The Kier molecular flexibility index (Phi) is 4.51. The predicted octanol–water partition coefficient (Wildman–Crippen LogP) is 2.40. The molecule has 0 bridgehead atoms. The van der Waals surface area contributed by atoms with Crippen LogP contribution in [-0.4, -0.2) is 50.0 Å². The molecule has 1 aromatic heterocycles. The van der Waals surface area contributed by atoms with Crippen LogP contribution in [0.25, 0.3) is 5.69 Å². The van der Waals surface area contributed by atoms with E-state index in [1.807, 2.05) is 0 Å². The number of halogens is 1. The number of likely N-dealkylation sites (N-methyl/N-ethyl adjacent to an activating group) is 1. The van der Waals surface area contributed by atoms with Gasteiger partial charge >= 0.3 is 0 Å². The maximum atomic E-state index is 13.2. The SMILES string of the molecule is Cc1cc(F)ccc1-n1cc(O)c(C(=O)N(C)CC2(O)CCCC2)n1. The average molecular weight is 347 g/mol. The monoisotopic (exact) mass is 347 g/mol. The van der Waals surface area contributed by atoms with Gasteiger partial charge < -0.3 is 15.1 Å². The highest BCUT2D eigenvalue weighted by Crippen LogP contribution is 2.30. The Bertz CT molecular complexity index is 797. The zero-order chi connectivity index (χ0) is 18.2. The number of aromatic hydroxyl groups is 1. The Balaban J connectivity index is 1.83. The van der Waals surface area contributed by atoms with Crippen LogP contribution in [0.15, 0.2) is 24.4 Å². The van der Waals surface area contributed by atoms with Gasteiger partial charge in [-0.25, -0.2) is 9.07 Å². The van der Waals surface area contributed by atoms with Crippen molar-refractivity contribution in [1.29, 1.82) is 0 Å². The zero-order valence-electron chi connectivity index (χ0n) is 14.4. The first-order valence-electron chi connectivity index (χ1n) is 8.32. The number of benzene rings is 1. The summed E-state index contributed by atoms with van der Waals surface area (Å²) in [7, 11) is 1.58. The number of hydrogen-bond acceptors (Lipinski definition) is 4. The van der Waals surface area contributed by atoms with Crippen molar-refractivity contribution in [3.63, 3.8) is 0 Å². The minimum absolute atomic E-state index is 0.0900. The minimum Gasteiger partial charge on any atom is -0.504 e. The Hall–Kier alpha value is -2.41. The first kappa shape index (κ1) is 17.4. The van der Waals surface area contributed by atoms with Crippen LogP contribution in [0.4, 0.5) is 4.39 Å². The van der Waals surface area contributed by atoms with Gasteiger partial charge in [0.05, 0.1) is 17.5 Å². The van der Waals surface area contributed by atoms with Gasteiger partial charge in [0.2, 0.25) is 0 Å². The first-order chi connectivity index (χ1) is 11.8. The van der Waals surface area contributed by atoms with E-state index in [1.165, 1.54) is 34.0 Å². The van der Waals surface area contributed by atoms with Crippen LogP contribution in [0.1, 0.15) is 41.7 Å². The van der Waals surface area contributed by atoms with E-state index in [0.29, 0.717) is 24.1 Å². The fraction of sp³-hybridized carbons (Fsp3) is 0.444. The number of carbonyl (C=O) groups is 1. The van der Waals surface area contributed by atoms with Crippen LogP contribution in [-0.2, 0) is 0 Å². The third kappa shape index (κ3) is 3.51. The smallest absolute Gasteiger partial charge is 0.278 e. The van der Waals surface area contributed by atoms with Crippen LogP contribution in [0.5, 0.6) is 5.75 Å². The van der Waals surface area contributed by atoms with Gasteiger partial charge in [-0.1, -0.05) is 12.8 Å². The van der Waals surface area contributed by atoms with E-state index in [2.05, 4.69) is 5.10 Å². The molecule has 2 aromatic rings. The number of aryl methyl sites for hydroxylation is 1. The molecule has 0 saturated heterocycles. The fourth-order valence-corrected chi connectivity index (χ4v) is 3.40. The summed E-state index contributed by atoms with van der Waals surface area (Å²) in [6, 6.07) is 4.19. The van der Waals surface area contributed by atoms with Crippen LogP contribution in [0, 0.1) is 12.7 Å². The standard InChI is InChI=1S/C18H22FN3O3/c1-12-9-13(19)5-6-14(12)22-10-15(23)16(20-22)17(24)21(2)11-18(25)7-3-4-8-18/h5-6,9-10,23,25H,3-4,7-8,11H2,1-2H3. The molecule has 2 N–H and O–H groups in total. The Labute approximate surface area is 145 Å². The molecule has 1 saturated carbocycles. The topological polar surface area (TPSA) is 78.6 Å². The molecule has 1 aliphatic rings. The largest absolute Gasteiger partial charge is 0.504 e. The Morgan fingerprint density at radius 1 is 1.40 bits per heavy atom. The molecule has 0 atom stereocenters. The van der Waals surface area contributed by atoms with Crippen molar-refractivity contribution in [2.75, 3.05) is 13.6 Å². The molecule has 0 radical (unpaired) electrons. The van der Waals surface area contributed by atoms with Crippen molar-refractivity contribution in [3.8, 4) is 11.4 Å². The summed E-state index contributed by atoms with van der Waals surface area (Å²) in [6.07, 6.45) is 4.55. The third-order valence-corrected chi connectivity index (χ3v) is 4.72. The Morgan fingerprint density at radius 3 is 2.72 bits per heavy atom. The molecule has 1 amide bonds. The lowest BCUT2D eigenvalue weighted by molar-refractivity contribution is 0.0153. The van der Waals surface area contributed by atoms with Gasteiger partial charge in [-0.3, -0.25) is 4.79 Å². The van der Waals surface area contributed by atoms with Gasteiger partial charge in [0, 0.05) is 13.6 Å². The van der Waals surface area contributed by atoms with Crippen molar-refractivity contribution >= 4 is 5.91 Å². The van der Waals surface area contributed by atoms with Crippen LogP contribution in [0.3, 0.4) is 0 Å². The van der Waals surface area contributed by atoms with Crippen molar-refractivity contribution in [3.05, 3.63) is 41.5 Å². The molecule has 0 unspecified atom stereocenters. The van der Waals surface area contributed by atoms with Gasteiger partial charge in [-0.2, -0.15) is 5.10 Å². The minimum atomic E-state index is -0.865. The van der Waals surface area contributed by atoms with Crippen molar-refractivity contribution < 1.29 is 19.4 Å². The van der Waals surface area contributed by atoms with Gasteiger partial charge in [0.1, 0.15) is 5.82 Å². The average Bonchev–Trinajstić information content (AvgIpc) is 3.12. The van der Waals surface area contributed by atoms with Crippen LogP contribution >= 0.6 is 0 Å². The fourth-order valence-electron chi connectivity index (χ4n) is 3.40. The van der Waals surface area contributed by atoms with E-state index >= 15 is 0 Å². The molecule has 1 fully saturated rings. The number of carbonyl (C=O) groups excluding carboxylic acids is 1. The predicted molar refractivity (Wildman–Crippen MR) is 90.3 cm³/mol. The number of nitrogens with zero attached hydrogens (tertiary/aromatic N) is 3. The molecular formula is C18H22FN3O3. The highest BCUT2D eigenvalue weighted by Gasteiger charge is 2.34. The van der Waals surface area contributed by atoms with Crippen molar-refractivity contribution in [2.45, 2.75) is 38.2 Å². The quantitative estimate of drug-likeness (QED) is 0.890. The molecule has 1 aliphatic carbocycles. The summed E-state index contributed by atoms with van der Waals surface area (Å²) in [5.74, 6) is -1.08. The summed E-state index contributed by atoms with van der Waals surface area (Å²) in [5.41, 5.74) is 0.256. The molecule has 1 heterocycles. The number of aromatic nitrogens is 2. The molecule has 0 aliphatic heterocycles. The maximum Gasteiger partial charge on any atom is 0.278 e. The molecule has 6 nitrogen and oxygen atoms in total. The number of amides is 1. The second kappa shape index (κ2) is 6.48. The molecule has 134 valence electrons. The zero-order valence-corrected chi connectivity index (χ0v) is 14.4. The summed E-state index contributed by atoms with van der Waals surface area (Å²) in [6.45, 7) is 1.92. The maximum absolute atomic E-state index is 13.2. The number of aliphatic hydroxyl groups is 1. The molecular weight excluding hydrogens is 325 g/mol. The van der Waals surface area contributed by atoms with Gasteiger partial charge in [0.25, 0.3) is 5.91 Å². The molecule has 1 aromatic carbocycles. The van der Waals surface area contributed by atoms with Crippen LogP contribution in [0.2, 0.25) is 0 Å². The van der Waals surface area contributed by atoms with Gasteiger partial charge in [0.15, 0.2) is 11.4 Å². The van der Waals surface area contributed by atoms with E-state index in [0.717, 1.165) is 12.8 Å². The van der Waals surface area contributed by atoms with Crippen molar-refractivity contribution in [1.82, 2.24) is 14.7 Å². The number of rotatable bonds is 4. The summed E-state index contributed by atoms with van der Waals surface area (Å²) in [5, 5.41) is 24.7. The van der Waals surface area contributed by atoms with E-state index in [-0.39, 0.29) is 23.8 Å².